The molecule has 4 heterocycles. The van der Waals surface area contributed by atoms with Gasteiger partial charge in [0.05, 0.1) is 69.3 Å². The molecule has 0 unspecified atom stereocenters. The van der Waals surface area contributed by atoms with Gasteiger partial charge < -0.3 is 0 Å². The molecule has 8 nitrogen and oxygen atoms in total. The molecule has 0 saturated carbocycles. The number of benzene rings is 8. The number of nitriles is 4. The SMILES string of the molecule is N#Cc1ccnc(-c2ccc(-c3cc(-c4ccc(-c5cc(C#N)ccn5)cc4)c4ccc5c(-c6ccc(-c7cc(C#N)ccn7)cc6)cc(-c6ccc(-c7cc(C#N)ccn7)cc6)c6ccc3c4c65)cc2)c1. The van der Waals surface area contributed by atoms with E-state index < -0.39 is 0 Å². The lowest BCUT2D eigenvalue weighted by atomic mass is 9.81. The monoisotopic (exact) mass is 914 g/mol. The van der Waals surface area contributed by atoms with E-state index in [1.165, 1.54) is 0 Å². The second kappa shape index (κ2) is 17.8. The standard InChI is InChI=1S/C64H34N8/c65-35-39-21-25-69-59(29-39)47-9-1-43(2-10-47)55-33-56(44-3-11-48(12-4-44)60-30-40(36-66)22-26-70-60)52-19-20-54-58(46-7-15-50(16-8-46)62-32-42(38-68)24-28-72-62)34-57(53-18-17-51(55)63(52)64(53)54)45-5-13-49(14-6-45)61-31-41(37-67)23-27-71-61/h1-34H. The zero-order chi connectivity index (χ0) is 48.7. The van der Waals surface area contributed by atoms with Crippen LogP contribution >= 0.6 is 0 Å². The Bertz CT molecular complexity index is 3730. The van der Waals surface area contributed by atoms with Gasteiger partial charge in [-0.05, 0) is 137 Å². The van der Waals surface area contributed by atoms with Crippen LogP contribution in [-0.2, 0) is 0 Å². The highest BCUT2D eigenvalue weighted by Gasteiger charge is 2.22. The lowest BCUT2D eigenvalue weighted by Crippen LogP contribution is -1.95. The molecule has 0 aliphatic rings. The topological polar surface area (TPSA) is 147 Å². The summed E-state index contributed by atoms with van der Waals surface area (Å²) in [7, 11) is 0. The summed E-state index contributed by atoms with van der Waals surface area (Å²) in [5.74, 6) is 0. The molecule has 12 rings (SSSR count). The van der Waals surface area contributed by atoms with Crippen molar-refractivity contribution in [2.75, 3.05) is 0 Å². The highest BCUT2D eigenvalue weighted by atomic mass is 14.7. The van der Waals surface area contributed by atoms with Gasteiger partial charge in [-0.25, -0.2) is 0 Å². The average molecular weight is 915 g/mol. The fraction of sp³-hybridized carbons (Fsp3) is 0. The zero-order valence-corrected chi connectivity index (χ0v) is 38.2. The van der Waals surface area contributed by atoms with Crippen LogP contribution in [0.4, 0.5) is 0 Å². The summed E-state index contributed by atoms with van der Waals surface area (Å²) in [6.45, 7) is 0. The Morgan fingerprint density at radius 1 is 0.236 bits per heavy atom. The number of rotatable bonds is 8. The molecule has 0 fully saturated rings. The minimum absolute atomic E-state index is 0.551. The average Bonchev–Trinajstić information content (AvgIpc) is 3.46. The molecule has 0 spiro atoms. The third-order valence-electron chi connectivity index (χ3n) is 13.4. The lowest BCUT2D eigenvalue weighted by molar-refractivity contribution is 1.31. The Morgan fingerprint density at radius 2 is 0.444 bits per heavy atom. The fourth-order valence-electron chi connectivity index (χ4n) is 9.86. The van der Waals surface area contributed by atoms with E-state index in [9.17, 15) is 21.0 Å². The van der Waals surface area contributed by atoms with E-state index in [4.69, 9.17) is 0 Å². The van der Waals surface area contributed by atoms with E-state index in [0.29, 0.717) is 22.3 Å². The van der Waals surface area contributed by atoms with E-state index in [0.717, 1.165) is 122 Å². The van der Waals surface area contributed by atoms with Crippen molar-refractivity contribution in [1.29, 1.82) is 21.0 Å². The lowest BCUT2D eigenvalue weighted by Gasteiger charge is -2.22. The van der Waals surface area contributed by atoms with Crippen molar-refractivity contribution in [3.8, 4) is 114 Å². The van der Waals surface area contributed by atoms with Crippen LogP contribution in [0.15, 0.2) is 207 Å². The van der Waals surface area contributed by atoms with Crippen LogP contribution in [0.25, 0.3) is 122 Å². The maximum absolute atomic E-state index is 9.62. The predicted molar refractivity (Wildman–Crippen MR) is 284 cm³/mol. The molecule has 12 aromatic rings. The van der Waals surface area contributed by atoms with Crippen LogP contribution < -0.4 is 0 Å². The minimum Gasteiger partial charge on any atom is -0.256 e. The Balaban J connectivity index is 1.10. The molecule has 4 aromatic heterocycles. The number of pyridine rings is 4. The normalized spacial score (nSPS) is 11.0. The molecule has 72 heavy (non-hydrogen) atoms. The predicted octanol–water partition coefficient (Wildman–Crippen LogP) is 15.0. The molecule has 0 N–H and O–H groups in total. The molecule has 0 saturated heterocycles. The van der Waals surface area contributed by atoms with Crippen molar-refractivity contribution in [3.63, 3.8) is 0 Å². The van der Waals surface area contributed by atoms with Crippen molar-refractivity contribution in [2.24, 2.45) is 0 Å². The molecule has 8 heteroatoms. The second-order valence-electron chi connectivity index (χ2n) is 17.5. The van der Waals surface area contributed by atoms with Crippen molar-refractivity contribution in [2.45, 2.75) is 0 Å². The molecular formula is C64H34N8. The number of nitrogens with zero attached hydrogens (tertiary/aromatic N) is 8. The maximum atomic E-state index is 9.62. The number of aromatic nitrogens is 4. The van der Waals surface area contributed by atoms with Crippen LogP contribution in [0.1, 0.15) is 22.3 Å². The van der Waals surface area contributed by atoms with E-state index in [1.807, 2.05) is 24.3 Å². The summed E-state index contributed by atoms with van der Waals surface area (Å²) < 4.78 is 0. The molecule has 0 amide bonds. The van der Waals surface area contributed by atoms with E-state index >= 15 is 0 Å². The van der Waals surface area contributed by atoms with Crippen LogP contribution in [-0.4, -0.2) is 19.9 Å². The third-order valence-corrected chi connectivity index (χ3v) is 13.4. The number of hydrogen-bond donors (Lipinski definition) is 0. The summed E-state index contributed by atoms with van der Waals surface area (Å²) in [6, 6.07) is 70.1. The molecule has 0 aliphatic heterocycles. The van der Waals surface area contributed by atoms with Gasteiger partial charge in [-0.3, -0.25) is 19.9 Å². The first-order chi connectivity index (χ1) is 35.5. The van der Waals surface area contributed by atoms with Gasteiger partial charge in [-0.1, -0.05) is 121 Å². The Kier molecular flexibility index (Phi) is 10.5. The van der Waals surface area contributed by atoms with Crippen LogP contribution in [0.2, 0.25) is 0 Å². The zero-order valence-electron chi connectivity index (χ0n) is 38.2. The molecule has 8 aromatic carbocycles. The molecular weight excluding hydrogens is 881 g/mol. The van der Waals surface area contributed by atoms with Crippen molar-refractivity contribution in [1.82, 2.24) is 19.9 Å². The molecule has 0 atom stereocenters. The maximum Gasteiger partial charge on any atom is 0.0992 e. The van der Waals surface area contributed by atoms with E-state index in [-0.39, 0.29) is 0 Å². The molecule has 0 bridgehead atoms. The first kappa shape index (κ1) is 42.7. The summed E-state index contributed by atoms with van der Waals surface area (Å²) in [5, 5.41) is 45.1. The van der Waals surface area contributed by atoms with Crippen molar-refractivity contribution < 1.29 is 0 Å². The van der Waals surface area contributed by atoms with Crippen molar-refractivity contribution >= 4 is 32.3 Å². The summed E-state index contributed by atoms with van der Waals surface area (Å²) >= 11 is 0. The third kappa shape index (κ3) is 7.58. The van der Waals surface area contributed by atoms with Gasteiger partial charge >= 0.3 is 0 Å². The van der Waals surface area contributed by atoms with Gasteiger partial charge in [-0.2, -0.15) is 21.0 Å². The van der Waals surface area contributed by atoms with Crippen LogP contribution in [0, 0.1) is 45.3 Å². The Morgan fingerprint density at radius 3 is 0.653 bits per heavy atom. The van der Waals surface area contributed by atoms with Crippen LogP contribution in [0.5, 0.6) is 0 Å². The molecule has 0 radical (unpaired) electrons. The highest BCUT2D eigenvalue weighted by molar-refractivity contribution is 6.32. The summed E-state index contributed by atoms with van der Waals surface area (Å²) in [6.07, 6.45) is 6.66. The Hall–Kier alpha value is -10.6. The fourth-order valence-corrected chi connectivity index (χ4v) is 9.86. The van der Waals surface area contributed by atoms with E-state index in [1.54, 1.807) is 49.1 Å². The van der Waals surface area contributed by atoms with Gasteiger partial charge in [0.15, 0.2) is 0 Å². The first-order valence-electron chi connectivity index (χ1n) is 23.1. The smallest absolute Gasteiger partial charge is 0.0992 e. The van der Waals surface area contributed by atoms with E-state index in [2.05, 4.69) is 178 Å². The largest absolute Gasteiger partial charge is 0.256 e. The minimum atomic E-state index is 0.551. The molecule has 0 aliphatic carbocycles. The Labute approximate surface area is 414 Å². The van der Waals surface area contributed by atoms with Gasteiger partial charge in [0.1, 0.15) is 0 Å². The first-order valence-corrected chi connectivity index (χ1v) is 23.1. The summed E-state index contributed by atoms with van der Waals surface area (Å²) in [5.41, 5.74) is 17.1. The van der Waals surface area contributed by atoms with Crippen LogP contribution in [0.3, 0.4) is 0 Å². The second-order valence-corrected chi connectivity index (χ2v) is 17.5. The van der Waals surface area contributed by atoms with Gasteiger partial charge in [0.2, 0.25) is 0 Å². The highest BCUT2D eigenvalue weighted by Crippen LogP contribution is 2.49. The quantitative estimate of drug-likeness (QED) is 0.137. The van der Waals surface area contributed by atoms with Gasteiger partial charge in [0, 0.05) is 47.0 Å². The van der Waals surface area contributed by atoms with Gasteiger partial charge in [0.25, 0.3) is 0 Å². The summed E-state index contributed by atoms with van der Waals surface area (Å²) in [4.78, 5) is 18.3. The van der Waals surface area contributed by atoms with Gasteiger partial charge in [-0.15, -0.1) is 0 Å². The number of hydrogen-bond acceptors (Lipinski definition) is 8. The molecule has 330 valence electrons. The van der Waals surface area contributed by atoms with Crippen molar-refractivity contribution in [3.05, 3.63) is 229 Å².